The van der Waals surface area contributed by atoms with Crippen molar-refractivity contribution in [2.24, 2.45) is 0 Å². The number of benzene rings is 1. The fraction of sp³-hybridized carbons (Fsp3) is 0.182. The number of nitriles is 1. The highest BCUT2D eigenvalue weighted by atomic mass is 79.9. The van der Waals surface area contributed by atoms with Crippen LogP contribution in [-0.2, 0) is 12.4 Å². The van der Waals surface area contributed by atoms with Gasteiger partial charge in [-0.15, -0.1) is 11.3 Å². The van der Waals surface area contributed by atoms with Gasteiger partial charge in [-0.3, -0.25) is 0 Å². The molecule has 0 radical (unpaired) electrons. The van der Waals surface area contributed by atoms with Gasteiger partial charge in [0.25, 0.3) is 0 Å². The van der Waals surface area contributed by atoms with Gasteiger partial charge in [0.15, 0.2) is 0 Å². The lowest BCUT2D eigenvalue weighted by atomic mass is 10.1. The Morgan fingerprint density at radius 2 is 1.65 bits per heavy atom. The van der Waals surface area contributed by atoms with Gasteiger partial charge in [0, 0.05) is 10.1 Å². The third-order valence-corrected chi connectivity index (χ3v) is 4.69. The summed E-state index contributed by atoms with van der Waals surface area (Å²) in [4.78, 5) is -0.107. The van der Waals surface area contributed by atoms with Crippen LogP contribution >= 0.6 is 27.3 Å². The van der Waals surface area contributed by atoms with Crippen LogP contribution in [0.4, 0.5) is 26.3 Å². The van der Waals surface area contributed by atoms with Crippen molar-refractivity contribution in [2.45, 2.75) is 12.4 Å². The lowest BCUT2D eigenvalue weighted by molar-refractivity contribution is -0.142. The lowest BCUT2D eigenvalue weighted by Crippen LogP contribution is -2.10. The second kappa shape index (κ2) is 4.63. The van der Waals surface area contributed by atoms with E-state index in [2.05, 4.69) is 15.9 Å². The van der Waals surface area contributed by atoms with Gasteiger partial charge in [0.05, 0.1) is 15.6 Å². The van der Waals surface area contributed by atoms with Crippen LogP contribution < -0.4 is 0 Å². The highest BCUT2D eigenvalue weighted by Crippen LogP contribution is 2.45. The number of fused-ring (bicyclic) bond motifs is 1. The second-order valence-electron chi connectivity index (χ2n) is 3.75. The second-order valence-corrected chi connectivity index (χ2v) is 5.57. The molecule has 0 unspecified atom stereocenters. The van der Waals surface area contributed by atoms with Crippen LogP contribution in [0.5, 0.6) is 0 Å². The number of rotatable bonds is 0. The average Bonchev–Trinajstić information content (AvgIpc) is 2.63. The van der Waals surface area contributed by atoms with Crippen LogP contribution in [0.3, 0.4) is 0 Å². The van der Waals surface area contributed by atoms with Crippen molar-refractivity contribution >= 4 is 37.4 Å². The SMILES string of the molecule is N#Cc1sc2c(C(F)(F)F)cc(C(F)(F)F)cc2c1Br. The quantitative estimate of drug-likeness (QED) is 0.553. The molecule has 0 spiro atoms. The molecular formula is C11H2BrF6NS. The van der Waals surface area contributed by atoms with Gasteiger partial charge in [-0.2, -0.15) is 31.6 Å². The smallest absolute Gasteiger partial charge is 0.191 e. The van der Waals surface area contributed by atoms with Crippen LogP contribution in [0.15, 0.2) is 16.6 Å². The largest absolute Gasteiger partial charge is 0.417 e. The molecule has 0 aliphatic heterocycles. The molecule has 9 heteroatoms. The Balaban J connectivity index is 2.92. The molecule has 2 rings (SSSR count). The minimum Gasteiger partial charge on any atom is -0.191 e. The minimum absolute atomic E-state index is 0.0587. The third kappa shape index (κ3) is 2.50. The summed E-state index contributed by atoms with van der Waals surface area (Å²) in [6.45, 7) is 0. The molecule has 1 aromatic heterocycles. The average molecular weight is 374 g/mol. The predicted octanol–water partition coefficient (Wildman–Crippen LogP) is 5.57. The van der Waals surface area contributed by atoms with Gasteiger partial charge in [0.2, 0.25) is 0 Å². The Kier molecular flexibility index (Phi) is 3.50. The maximum atomic E-state index is 12.9. The fourth-order valence-electron chi connectivity index (χ4n) is 1.62. The summed E-state index contributed by atoms with van der Waals surface area (Å²) in [5.74, 6) is 0. The predicted molar refractivity (Wildman–Crippen MR) is 64.2 cm³/mol. The van der Waals surface area contributed by atoms with E-state index in [1.54, 1.807) is 6.07 Å². The highest BCUT2D eigenvalue weighted by molar-refractivity contribution is 9.10. The molecule has 1 nitrogen and oxygen atoms in total. The first-order chi connectivity index (χ1) is 9.05. The molecule has 0 amide bonds. The molecule has 0 atom stereocenters. The van der Waals surface area contributed by atoms with Gasteiger partial charge < -0.3 is 0 Å². The number of halogens is 7. The van der Waals surface area contributed by atoms with Crippen LogP contribution in [0.2, 0.25) is 0 Å². The Morgan fingerprint density at radius 1 is 1.05 bits per heavy atom. The molecule has 0 bridgehead atoms. The molecule has 0 saturated carbocycles. The molecule has 106 valence electrons. The minimum atomic E-state index is -4.93. The molecule has 0 aliphatic carbocycles. The molecule has 1 heterocycles. The normalized spacial score (nSPS) is 12.7. The number of thiophene rings is 1. The number of hydrogen-bond donors (Lipinski definition) is 0. The van der Waals surface area contributed by atoms with Crippen molar-refractivity contribution in [3.8, 4) is 6.07 Å². The first kappa shape index (κ1) is 15.1. The Bertz CT molecular complexity index is 722. The fourth-order valence-corrected chi connectivity index (χ4v) is 3.40. The monoisotopic (exact) mass is 373 g/mol. The third-order valence-electron chi connectivity index (χ3n) is 2.46. The van der Waals surface area contributed by atoms with E-state index in [9.17, 15) is 26.3 Å². The first-order valence-electron chi connectivity index (χ1n) is 4.86. The number of nitrogens with zero attached hydrogens (tertiary/aromatic N) is 1. The summed E-state index contributed by atoms with van der Waals surface area (Å²) >= 11 is 3.37. The summed E-state index contributed by atoms with van der Waals surface area (Å²) in [5.41, 5.74) is -2.80. The van der Waals surface area contributed by atoms with E-state index in [1.165, 1.54) is 0 Å². The van der Waals surface area contributed by atoms with Crippen LogP contribution in [0, 0.1) is 11.3 Å². The van der Waals surface area contributed by atoms with Gasteiger partial charge in [0.1, 0.15) is 10.9 Å². The summed E-state index contributed by atoms with van der Waals surface area (Å²) < 4.78 is 76.1. The van der Waals surface area contributed by atoms with Crippen molar-refractivity contribution in [1.82, 2.24) is 0 Å². The molecule has 20 heavy (non-hydrogen) atoms. The van der Waals surface area contributed by atoms with Crippen LogP contribution in [0.1, 0.15) is 16.0 Å². The van der Waals surface area contributed by atoms with E-state index in [0.717, 1.165) is 0 Å². The maximum Gasteiger partial charge on any atom is 0.417 e. The highest BCUT2D eigenvalue weighted by Gasteiger charge is 2.39. The van der Waals surface area contributed by atoms with Crippen molar-refractivity contribution < 1.29 is 26.3 Å². The maximum absolute atomic E-state index is 12.9. The zero-order chi connectivity index (χ0) is 15.3. The summed E-state index contributed by atoms with van der Waals surface area (Å²) in [5, 5.41) is 8.50. The Morgan fingerprint density at radius 3 is 2.10 bits per heavy atom. The zero-order valence-corrected chi connectivity index (χ0v) is 11.6. The number of alkyl halides is 6. The molecule has 2 aromatic rings. The summed E-state index contributed by atoms with van der Waals surface area (Å²) in [6, 6.07) is 2.31. The van der Waals surface area contributed by atoms with Gasteiger partial charge in [-0.05, 0) is 28.1 Å². The van der Waals surface area contributed by atoms with Crippen molar-refractivity contribution in [3.63, 3.8) is 0 Å². The first-order valence-corrected chi connectivity index (χ1v) is 6.47. The molecule has 1 aromatic carbocycles. The van der Waals surface area contributed by atoms with Crippen molar-refractivity contribution in [1.29, 1.82) is 5.26 Å². The Hall–Kier alpha value is -1.27. The molecular weight excluding hydrogens is 372 g/mol. The van der Waals surface area contributed by atoms with E-state index in [1.807, 2.05) is 0 Å². The number of hydrogen-bond acceptors (Lipinski definition) is 2. The molecule has 0 fully saturated rings. The molecule has 0 aliphatic rings. The summed E-state index contributed by atoms with van der Waals surface area (Å²) in [7, 11) is 0. The van der Waals surface area contributed by atoms with Gasteiger partial charge in [-0.1, -0.05) is 0 Å². The lowest BCUT2D eigenvalue weighted by Gasteiger charge is -2.12. The topological polar surface area (TPSA) is 23.8 Å². The van der Waals surface area contributed by atoms with E-state index < -0.39 is 28.2 Å². The van der Waals surface area contributed by atoms with Crippen molar-refractivity contribution in [2.75, 3.05) is 0 Å². The molecule has 0 saturated heterocycles. The van der Waals surface area contributed by atoms with Crippen molar-refractivity contribution in [3.05, 3.63) is 32.6 Å². The van der Waals surface area contributed by atoms with Crippen LogP contribution in [-0.4, -0.2) is 0 Å². The summed E-state index contributed by atoms with van der Waals surface area (Å²) in [6.07, 6.45) is -9.83. The van der Waals surface area contributed by atoms with E-state index in [0.29, 0.717) is 17.4 Å². The van der Waals surface area contributed by atoms with E-state index in [-0.39, 0.29) is 20.8 Å². The standard InChI is InChI=1S/C11H2BrF6NS/c12-8-5-1-4(10(13,14)15)2-6(11(16,17)18)9(5)20-7(8)3-19/h1-2H. The molecule has 0 N–H and O–H groups in total. The van der Waals surface area contributed by atoms with Crippen LogP contribution in [0.25, 0.3) is 10.1 Å². The van der Waals surface area contributed by atoms with Gasteiger partial charge >= 0.3 is 12.4 Å². The zero-order valence-electron chi connectivity index (χ0n) is 9.16. The van der Waals surface area contributed by atoms with E-state index >= 15 is 0 Å². The van der Waals surface area contributed by atoms with E-state index in [4.69, 9.17) is 5.26 Å². The van der Waals surface area contributed by atoms with Gasteiger partial charge in [-0.25, -0.2) is 0 Å². The Labute approximate surface area is 120 Å².